The first-order valence-electron chi connectivity index (χ1n) is 10.5. The van der Waals surface area contributed by atoms with Crippen LogP contribution in [0.25, 0.3) is 0 Å². The van der Waals surface area contributed by atoms with Crippen molar-refractivity contribution in [2.24, 2.45) is 0 Å². The van der Waals surface area contributed by atoms with E-state index in [2.05, 4.69) is 10.6 Å². The average Bonchev–Trinajstić information content (AvgIpc) is 2.78. The zero-order valence-electron chi connectivity index (χ0n) is 18.6. The van der Waals surface area contributed by atoms with E-state index < -0.39 is 0 Å². The molecule has 166 valence electrons. The van der Waals surface area contributed by atoms with Gasteiger partial charge in [-0.2, -0.15) is 0 Å². The number of benzene rings is 3. The summed E-state index contributed by atoms with van der Waals surface area (Å²) in [5.74, 6) is 0.520. The Balaban J connectivity index is 1.53. The van der Waals surface area contributed by atoms with E-state index in [9.17, 15) is 9.59 Å². The summed E-state index contributed by atoms with van der Waals surface area (Å²) in [4.78, 5) is 25.0. The molecule has 0 fully saturated rings. The minimum absolute atomic E-state index is 0.200. The van der Waals surface area contributed by atoms with E-state index in [0.29, 0.717) is 24.5 Å². The van der Waals surface area contributed by atoms with Crippen molar-refractivity contribution in [3.8, 4) is 11.5 Å². The molecule has 0 aliphatic carbocycles. The zero-order valence-corrected chi connectivity index (χ0v) is 18.6. The lowest BCUT2D eigenvalue weighted by Crippen LogP contribution is -2.29. The molecule has 0 unspecified atom stereocenters. The van der Waals surface area contributed by atoms with Gasteiger partial charge in [0, 0.05) is 5.69 Å². The van der Waals surface area contributed by atoms with Crippen LogP contribution in [0.4, 0.5) is 5.69 Å². The largest absolute Gasteiger partial charge is 0.492 e. The van der Waals surface area contributed by atoms with Crippen molar-refractivity contribution >= 4 is 17.5 Å². The summed E-state index contributed by atoms with van der Waals surface area (Å²) in [6, 6.07) is 20.3. The highest BCUT2D eigenvalue weighted by atomic mass is 16.5. The van der Waals surface area contributed by atoms with Crippen molar-refractivity contribution in [1.29, 1.82) is 0 Å². The molecular weight excluding hydrogens is 404 g/mol. The van der Waals surface area contributed by atoms with Crippen molar-refractivity contribution in [2.45, 2.75) is 20.8 Å². The van der Waals surface area contributed by atoms with Gasteiger partial charge < -0.3 is 20.1 Å². The fraction of sp³-hybridized carbons (Fsp3) is 0.231. The third kappa shape index (κ3) is 6.35. The molecule has 6 heteroatoms. The number of amides is 2. The highest BCUT2D eigenvalue weighted by Crippen LogP contribution is 2.22. The second-order valence-corrected chi connectivity index (χ2v) is 7.52. The van der Waals surface area contributed by atoms with Crippen LogP contribution in [-0.2, 0) is 4.79 Å². The first kappa shape index (κ1) is 22.9. The summed E-state index contributed by atoms with van der Waals surface area (Å²) in [6.45, 7) is 6.42. The number of hydrogen-bond donors (Lipinski definition) is 2. The molecule has 0 saturated carbocycles. The van der Waals surface area contributed by atoms with Crippen LogP contribution < -0.4 is 20.1 Å². The second kappa shape index (κ2) is 11.0. The third-order valence-electron chi connectivity index (χ3n) is 4.83. The molecule has 0 atom stereocenters. The number of nitrogens with one attached hydrogen (secondary N) is 2. The quantitative estimate of drug-likeness (QED) is 0.490. The third-order valence-corrected chi connectivity index (χ3v) is 4.83. The molecule has 32 heavy (non-hydrogen) atoms. The van der Waals surface area contributed by atoms with Crippen molar-refractivity contribution in [1.82, 2.24) is 5.32 Å². The van der Waals surface area contributed by atoms with E-state index >= 15 is 0 Å². The van der Waals surface area contributed by atoms with Crippen LogP contribution in [0.5, 0.6) is 11.5 Å². The Bertz CT molecular complexity index is 1060. The molecule has 6 nitrogen and oxygen atoms in total. The van der Waals surface area contributed by atoms with Crippen molar-refractivity contribution in [3.63, 3.8) is 0 Å². The van der Waals surface area contributed by atoms with E-state index in [-0.39, 0.29) is 18.4 Å². The van der Waals surface area contributed by atoms with Gasteiger partial charge in [0.05, 0.1) is 12.1 Å². The maximum atomic E-state index is 12.6. The van der Waals surface area contributed by atoms with Gasteiger partial charge in [-0.3, -0.25) is 9.59 Å². The van der Waals surface area contributed by atoms with Gasteiger partial charge in [-0.1, -0.05) is 48.0 Å². The van der Waals surface area contributed by atoms with Gasteiger partial charge in [0.15, 0.2) is 6.61 Å². The SMILES string of the molecule is Cc1cc(C)c(NC(=O)COc2ccccc2C(=O)NCCOc2ccccc2)c(C)c1. The Labute approximate surface area is 188 Å². The lowest BCUT2D eigenvalue weighted by atomic mass is 10.1. The standard InChI is InChI=1S/C26H28N2O4/c1-18-15-19(2)25(20(3)16-18)28-24(29)17-32-23-12-8-7-11-22(23)26(30)27-13-14-31-21-9-5-4-6-10-21/h4-12,15-16H,13-14,17H2,1-3H3,(H,27,30)(H,28,29). The number of aryl methyl sites for hydroxylation is 3. The number of carbonyl (C=O) groups is 2. The Morgan fingerprint density at radius 2 is 1.50 bits per heavy atom. The first-order chi connectivity index (χ1) is 15.4. The van der Waals surface area contributed by atoms with Crippen LogP contribution in [0.1, 0.15) is 27.0 Å². The Kier molecular flexibility index (Phi) is 7.86. The predicted octanol–water partition coefficient (Wildman–Crippen LogP) is 4.44. The maximum Gasteiger partial charge on any atom is 0.262 e. The topological polar surface area (TPSA) is 76.7 Å². The highest BCUT2D eigenvalue weighted by Gasteiger charge is 2.14. The molecule has 0 saturated heterocycles. The molecule has 0 bridgehead atoms. The van der Waals surface area contributed by atoms with Gasteiger partial charge in [0.25, 0.3) is 11.8 Å². The Morgan fingerprint density at radius 1 is 0.844 bits per heavy atom. The molecule has 0 heterocycles. The molecular formula is C26H28N2O4. The van der Waals surface area contributed by atoms with Crippen LogP contribution >= 0.6 is 0 Å². The van der Waals surface area contributed by atoms with Crippen LogP contribution in [0.3, 0.4) is 0 Å². The molecule has 2 N–H and O–H groups in total. The Hall–Kier alpha value is -3.80. The number of ether oxygens (including phenoxy) is 2. The number of anilines is 1. The minimum atomic E-state index is -0.289. The maximum absolute atomic E-state index is 12.6. The van der Waals surface area contributed by atoms with Crippen LogP contribution in [-0.4, -0.2) is 31.6 Å². The minimum Gasteiger partial charge on any atom is -0.492 e. The van der Waals surface area contributed by atoms with Crippen molar-refractivity contribution in [2.75, 3.05) is 25.1 Å². The number of rotatable bonds is 9. The summed E-state index contributed by atoms with van der Waals surface area (Å²) >= 11 is 0. The molecule has 0 aliphatic rings. The van der Waals surface area contributed by atoms with E-state index in [1.807, 2.05) is 63.2 Å². The average molecular weight is 433 g/mol. The summed E-state index contributed by atoms with van der Waals surface area (Å²) in [7, 11) is 0. The molecule has 0 aromatic heterocycles. The number of carbonyl (C=O) groups excluding carboxylic acids is 2. The molecule has 3 aromatic carbocycles. The highest BCUT2D eigenvalue weighted by molar-refractivity contribution is 5.97. The van der Waals surface area contributed by atoms with Crippen LogP contribution in [0.2, 0.25) is 0 Å². The lowest BCUT2D eigenvalue weighted by molar-refractivity contribution is -0.118. The van der Waals surface area contributed by atoms with E-state index in [1.165, 1.54) is 0 Å². The smallest absolute Gasteiger partial charge is 0.262 e. The second-order valence-electron chi connectivity index (χ2n) is 7.52. The normalized spacial score (nSPS) is 10.3. The number of hydrogen-bond acceptors (Lipinski definition) is 4. The monoisotopic (exact) mass is 432 g/mol. The molecule has 0 aliphatic heterocycles. The van der Waals surface area contributed by atoms with Gasteiger partial charge in [-0.25, -0.2) is 0 Å². The van der Waals surface area contributed by atoms with Gasteiger partial charge in [0.1, 0.15) is 18.1 Å². The van der Waals surface area contributed by atoms with Crippen molar-refractivity contribution in [3.05, 3.63) is 89.0 Å². The molecule has 0 radical (unpaired) electrons. The van der Waals surface area contributed by atoms with E-state index in [0.717, 1.165) is 28.1 Å². The summed E-state index contributed by atoms with van der Waals surface area (Å²) in [5.41, 5.74) is 4.28. The van der Waals surface area contributed by atoms with Crippen LogP contribution in [0, 0.1) is 20.8 Å². The summed E-state index contributed by atoms with van der Waals surface area (Å²) in [6.07, 6.45) is 0. The van der Waals surface area contributed by atoms with Gasteiger partial charge in [-0.05, 0) is 56.2 Å². The Morgan fingerprint density at radius 3 is 2.22 bits per heavy atom. The van der Waals surface area contributed by atoms with Gasteiger partial charge in [-0.15, -0.1) is 0 Å². The lowest BCUT2D eigenvalue weighted by Gasteiger charge is -2.14. The van der Waals surface area contributed by atoms with E-state index in [4.69, 9.17) is 9.47 Å². The molecule has 2 amide bonds. The van der Waals surface area contributed by atoms with Crippen LogP contribution in [0.15, 0.2) is 66.7 Å². The summed E-state index contributed by atoms with van der Waals surface area (Å²) < 4.78 is 11.3. The van der Waals surface area contributed by atoms with Crippen molar-refractivity contribution < 1.29 is 19.1 Å². The van der Waals surface area contributed by atoms with Gasteiger partial charge >= 0.3 is 0 Å². The van der Waals surface area contributed by atoms with Gasteiger partial charge in [0.2, 0.25) is 0 Å². The first-order valence-corrected chi connectivity index (χ1v) is 10.5. The fourth-order valence-electron chi connectivity index (χ4n) is 3.42. The van der Waals surface area contributed by atoms with E-state index in [1.54, 1.807) is 24.3 Å². The summed E-state index contributed by atoms with van der Waals surface area (Å²) in [5, 5.41) is 5.71. The fourth-order valence-corrected chi connectivity index (χ4v) is 3.42. The zero-order chi connectivity index (χ0) is 22.9. The predicted molar refractivity (Wildman–Crippen MR) is 125 cm³/mol. The molecule has 3 aromatic rings. The molecule has 3 rings (SSSR count). The number of para-hydroxylation sites is 2. The molecule has 0 spiro atoms.